The molecule has 1 saturated heterocycles. The highest BCUT2D eigenvalue weighted by atomic mass is 16.1. The highest BCUT2D eigenvalue weighted by Crippen LogP contribution is 2.30. The maximum absolute atomic E-state index is 12.4. The van der Waals surface area contributed by atoms with Crippen molar-refractivity contribution in [2.24, 2.45) is 5.92 Å². The predicted octanol–water partition coefficient (Wildman–Crippen LogP) is 2.43. The molecule has 0 unspecified atom stereocenters. The minimum absolute atomic E-state index is 0.0979. The molecule has 1 aliphatic rings. The Bertz CT molecular complexity index is 1300. The fraction of sp³-hybridized carbons (Fsp3) is 0.318. The summed E-state index contributed by atoms with van der Waals surface area (Å²) < 4.78 is 3.32. The van der Waals surface area contributed by atoms with E-state index in [0.717, 1.165) is 46.8 Å². The molecule has 0 aliphatic carbocycles. The first-order valence-corrected chi connectivity index (χ1v) is 10.1. The van der Waals surface area contributed by atoms with Gasteiger partial charge in [0.2, 0.25) is 0 Å². The largest absolute Gasteiger partial charge is 0.354 e. The Morgan fingerprint density at radius 3 is 2.47 bits per heavy atom. The summed E-state index contributed by atoms with van der Waals surface area (Å²) in [6, 6.07) is 13.5. The molecule has 30 heavy (non-hydrogen) atoms. The number of nitrogens with zero attached hydrogens (tertiary/aromatic N) is 7. The van der Waals surface area contributed by atoms with E-state index in [0.29, 0.717) is 18.3 Å². The summed E-state index contributed by atoms with van der Waals surface area (Å²) in [6.07, 6.45) is 0. The zero-order valence-corrected chi connectivity index (χ0v) is 17.3. The van der Waals surface area contributed by atoms with Crippen LogP contribution in [0.2, 0.25) is 0 Å². The van der Waals surface area contributed by atoms with Gasteiger partial charge in [-0.05, 0) is 32.9 Å². The van der Waals surface area contributed by atoms with Crippen LogP contribution < -0.4 is 10.5 Å². The number of aryl methyl sites for hydroxylation is 3. The van der Waals surface area contributed by atoms with Crippen molar-refractivity contribution in [2.75, 3.05) is 18.0 Å². The van der Waals surface area contributed by atoms with E-state index >= 15 is 0 Å². The third-order valence-corrected chi connectivity index (χ3v) is 5.62. The Balaban J connectivity index is 1.35. The standard InChI is InChI=1S/C22H23N7O/c1-14-10-15(2)29(25-14)20-8-9-21(30)28(26-20)13-17-11-27(12-17)22-19-7-5-4-6-18(19)16(3)23-24-22/h4-10,17H,11-13H2,1-3H3. The first kappa shape index (κ1) is 18.5. The summed E-state index contributed by atoms with van der Waals surface area (Å²) in [7, 11) is 0. The zero-order chi connectivity index (χ0) is 20.8. The van der Waals surface area contributed by atoms with Crippen LogP contribution >= 0.6 is 0 Å². The first-order valence-electron chi connectivity index (χ1n) is 10.1. The molecule has 8 nitrogen and oxygen atoms in total. The Morgan fingerprint density at radius 2 is 1.73 bits per heavy atom. The van der Waals surface area contributed by atoms with Crippen LogP contribution in [0.15, 0.2) is 47.3 Å². The van der Waals surface area contributed by atoms with Crippen LogP contribution in [0.4, 0.5) is 5.82 Å². The van der Waals surface area contributed by atoms with Crippen molar-refractivity contribution in [3.8, 4) is 5.82 Å². The average molecular weight is 401 g/mol. The third-order valence-electron chi connectivity index (χ3n) is 5.62. The van der Waals surface area contributed by atoms with Crippen molar-refractivity contribution < 1.29 is 0 Å². The number of benzene rings is 1. The lowest BCUT2D eigenvalue weighted by molar-refractivity contribution is 0.332. The molecule has 0 atom stereocenters. The molecule has 5 rings (SSSR count). The second-order valence-electron chi connectivity index (χ2n) is 7.98. The molecule has 0 amide bonds. The number of anilines is 1. The Kier molecular flexibility index (Phi) is 4.34. The van der Waals surface area contributed by atoms with Gasteiger partial charge in [0.15, 0.2) is 11.6 Å². The van der Waals surface area contributed by atoms with Gasteiger partial charge < -0.3 is 4.90 Å². The smallest absolute Gasteiger partial charge is 0.266 e. The van der Waals surface area contributed by atoms with Crippen molar-refractivity contribution in [1.29, 1.82) is 0 Å². The number of rotatable bonds is 4. The first-order chi connectivity index (χ1) is 14.5. The normalized spacial score (nSPS) is 14.3. The number of fused-ring (bicyclic) bond motifs is 1. The molecule has 4 aromatic rings. The van der Waals surface area contributed by atoms with Crippen LogP contribution in [0.5, 0.6) is 0 Å². The van der Waals surface area contributed by atoms with E-state index < -0.39 is 0 Å². The van der Waals surface area contributed by atoms with Crippen molar-refractivity contribution in [3.63, 3.8) is 0 Å². The van der Waals surface area contributed by atoms with Crippen molar-refractivity contribution in [2.45, 2.75) is 27.3 Å². The van der Waals surface area contributed by atoms with E-state index in [-0.39, 0.29) is 5.56 Å². The maximum atomic E-state index is 12.4. The summed E-state index contributed by atoms with van der Waals surface area (Å²) in [6.45, 7) is 8.11. The quantitative estimate of drug-likeness (QED) is 0.522. The Morgan fingerprint density at radius 1 is 0.967 bits per heavy atom. The van der Waals surface area contributed by atoms with Gasteiger partial charge in [-0.25, -0.2) is 9.36 Å². The van der Waals surface area contributed by atoms with Crippen LogP contribution in [0.1, 0.15) is 17.1 Å². The number of hydrogen-bond donors (Lipinski definition) is 0. The van der Waals surface area contributed by atoms with Gasteiger partial charge in [-0.3, -0.25) is 4.79 Å². The molecule has 0 radical (unpaired) electrons. The molecule has 1 fully saturated rings. The monoisotopic (exact) mass is 401 g/mol. The molecule has 3 aromatic heterocycles. The Labute approximate surface area is 173 Å². The van der Waals surface area contributed by atoms with Crippen LogP contribution in [-0.4, -0.2) is 42.8 Å². The second kappa shape index (κ2) is 7.05. The topological polar surface area (TPSA) is 81.7 Å². The highest BCUT2D eigenvalue weighted by molar-refractivity contribution is 5.93. The fourth-order valence-electron chi connectivity index (χ4n) is 4.10. The van der Waals surface area contributed by atoms with Crippen LogP contribution in [0.25, 0.3) is 16.6 Å². The zero-order valence-electron chi connectivity index (χ0n) is 17.3. The van der Waals surface area contributed by atoms with E-state index in [9.17, 15) is 4.79 Å². The van der Waals surface area contributed by atoms with E-state index in [1.165, 1.54) is 0 Å². The number of hydrogen-bond acceptors (Lipinski definition) is 6. The minimum atomic E-state index is -0.0979. The van der Waals surface area contributed by atoms with Crippen LogP contribution in [-0.2, 0) is 6.54 Å². The minimum Gasteiger partial charge on any atom is -0.354 e. The summed E-state index contributed by atoms with van der Waals surface area (Å²) in [4.78, 5) is 14.6. The molecule has 1 aromatic carbocycles. The van der Waals surface area contributed by atoms with Gasteiger partial charge in [-0.2, -0.15) is 10.2 Å². The van der Waals surface area contributed by atoms with Gasteiger partial charge in [0, 0.05) is 41.5 Å². The molecular formula is C22H23N7O. The van der Waals surface area contributed by atoms with E-state index in [1.54, 1.807) is 21.5 Å². The summed E-state index contributed by atoms with van der Waals surface area (Å²) >= 11 is 0. The summed E-state index contributed by atoms with van der Waals surface area (Å²) in [5, 5.41) is 20.0. The van der Waals surface area contributed by atoms with Crippen molar-refractivity contribution in [1.82, 2.24) is 29.8 Å². The van der Waals surface area contributed by atoms with E-state index in [1.807, 2.05) is 39.0 Å². The lowest BCUT2D eigenvalue weighted by Crippen LogP contribution is -2.50. The third kappa shape index (κ3) is 3.14. The molecule has 0 N–H and O–H groups in total. The lowest BCUT2D eigenvalue weighted by Gasteiger charge is -2.40. The molecule has 0 bridgehead atoms. The van der Waals surface area contributed by atoms with Crippen LogP contribution in [0, 0.1) is 26.7 Å². The molecule has 0 spiro atoms. The molecule has 4 heterocycles. The predicted molar refractivity (Wildman–Crippen MR) is 115 cm³/mol. The van der Waals surface area contributed by atoms with E-state index in [2.05, 4.69) is 37.4 Å². The van der Waals surface area contributed by atoms with Gasteiger partial charge in [0.25, 0.3) is 5.56 Å². The lowest BCUT2D eigenvalue weighted by atomic mass is 9.99. The van der Waals surface area contributed by atoms with Gasteiger partial charge in [0.1, 0.15) is 0 Å². The average Bonchev–Trinajstić information content (AvgIpc) is 3.05. The maximum Gasteiger partial charge on any atom is 0.266 e. The number of aromatic nitrogens is 6. The van der Waals surface area contributed by atoms with Crippen molar-refractivity contribution >= 4 is 16.6 Å². The molecule has 8 heteroatoms. The Hall–Kier alpha value is -3.55. The fourth-order valence-corrected chi connectivity index (χ4v) is 4.10. The molecule has 0 saturated carbocycles. The highest BCUT2D eigenvalue weighted by Gasteiger charge is 2.30. The van der Waals surface area contributed by atoms with Gasteiger partial charge in [-0.1, -0.05) is 24.3 Å². The van der Waals surface area contributed by atoms with E-state index in [4.69, 9.17) is 0 Å². The van der Waals surface area contributed by atoms with Gasteiger partial charge in [-0.15, -0.1) is 10.2 Å². The molecule has 152 valence electrons. The molecule has 1 aliphatic heterocycles. The second-order valence-corrected chi connectivity index (χ2v) is 7.98. The SMILES string of the molecule is Cc1cc(C)n(-c2ccc(=O)n(CC3CN(c4nnc(C)c5ccccc45)C3)n2)n1. The van der Waals surface area contributed by atoms with Crippen LogP contribution in [0.3, 0.4) is 0 Å². The van der Waals surface area contributed by atoms with Crippen molar-refractivity contribution in [3.05, 3.63) is 69.9 Å². The molecular weight excluding hydrogens is 378 g/mol. The summed E-state index contributed by atoms with van der Waals surface area (Å²) in [5.41, 5.74) is 2.75. The van der Waals surface area contributed by atoms with Gasteiger partial charge in [0.05, 0.1) is 17.9 Å². The summed E-state index contributed by atoms with van der Waals surface area (Å²) in [5.74, 6) is 1.89. The van der Waals surface area contributed by atoms with Gasteiger partial charge >= 0.3 is 0 Å².